The zero-order valence-electron chi connectivity index (χ0n) is 8.50. The van der Waals surface area contributed by atoms with Gasteiger partial charge in [-0.25, -0.2) is 0 Å². The van der Waals surface area contributed by atoms with E-state index in [1.807, 2.05) is 18.5 Å². The average molecular weight is 308 g/mol. The summed E-state index contributed by atoms with van der Waals surface area (Å²) < 4.78 is 7.53. The van der Waals surface area contributed by atoms with Crippen molar-refractivity contribution in [3.63, 3.8) is 0 Å². The lowest BCUT2D eigenvalue weighted by Gasteiger charge is -2.03. The first-order valence-corrected chi connectivity index (χ1v) is 5.46. The molecule has 4 nitrogen and oxygen atoms in total. The lowest BCUT2D eigenvalue weighted by atomic mass is 10.3. The van der Waals surface area contributed by atoms with Crippen molar-refractivity contribution in [2.75, 3.05) is 7.11 Å². The third kappa shape index (κ3) is 2.26. The van der Waals surface area contributed by atoms with Crippen molar-refractivity contribution in [3.8, 4) is 0 Å². The van der Waals surface area contributed by atoms with Gasteiger partial charge in [-0.1, -0.05) is 0 Å². The molecule has 1 aromatic heterocycles. The Kier molecular flexibility index (Phi) is 3.91. The van der Waals surface area contributed by atoms with Crippen LogP contribution in [0.15, 0.2) is 0 Å². The van der Waals surface area contributed by atoms with E-state index >= 15 is 0 Å². The van der Waals surface area contributed by atoms with Crippen molar-refractivity contribution >= 4 is 28.6 Å². The predicted molar refractivity (Wildman–Crippen MR) is 61.1 cm³/mol. The number of aromatic nitrogens is 2. The normalized spacial score (nSPS) is 10.3. The van der Waals surface area contributed by atoms with Gasteiger partial charge < -0.3 is 4.74 Å². The number of ether oxygens (including phenoxy) is 1. The fourth-order valence-corrected chi connectivity index (χ4v) is 1.82. The molecule has 0 aliphatic rings. The van der Waals surface area contributed by atoms with Gasteiger partial charge in [-0.2, -0.15) is 5.10 Å². The van der Waals surface area contributed by atoms with Gasteiger partial charge in [0.05, 0.1) is 28.5 Å². The summed E-state index contributed by atoms with van der Waals surface area (Å²) in [5, 5.41) is 4.32. The van der Waals surface area contributed by atoms with E-state index in [0.717, 1.165) is 21.5 Å². The molecule has 0 bridgehead atoms. The second-order valence-corrected chi connectivity index (χ2v) is 3.99. The third-order valence-electron chi connectivity index (χ3n) is 1.99. The summed E-state index contributed by atoms with van der Waals surface area (Å²) in [5.41, 5.74) is 1.91. The molecule has 0 aromatic carbocycles. The quantitative estimate of drug-likeness (QED) is 0.628. The van der Waals surface area contributed by atoms with Gasteiger partial charge in [-0.05, 0) is 36.4 Å². The van der Waals surface area contributed by atoms with Crippen LogP contribution in [0.4, 0.5) is 0 Å². The van der Waals surface area contributed by atoms with E-state index in [0.29, 0.717) is 6.42 Å². The van der Waals surface area contributed by atoms with Gasteiger partial charge in [0.2, 0.25) is 0 Å². The van der Waals surface area contributed by atoms with Crippen LogP contribution in [0.2, 0.25) is 0 Å². The molecule has 0 fully saturated rings. The molecule has 1 rings (SSSR count). The second-order valence-electron chi connectivity index (χ2n) is 2.91. The highest BCUT2D eigenvalue weighted by Gasteiger charge is 2.15. The van der Waals surface area contributed by atoms with Crippen LogP contribution in [-0.2, 0) is 22.5 Å². The number of rotatable bonds is 3. The Labute approximate surface area is 96.8 Å². The molecular formula is C9H13IN2O2. The molecule has 0 saturated heterocycles. The molecule has 5 heteroatoms. The van der Waals surface area contributed by atoms with Gasteiger partial charge in [-0.3, -0.25) is 9.48 Å². The van der Waals surface area contributed by atoms with E-state index in [9.17, 15) is 4.79 Å². The largest absolute Gasteiger partial charge is 0.469 e. The topological polar surface area (TPSA) is 44.1 Å². The Hall–Kier alpha value is -0.590. The highest BCUT2D eigenvalue weighted by molar-refractivity contribution is 14.1. The molecule has 1 aromatic rings. The molecule has 78 valence electrons. The zero-order chi connectivity index (χ0) is 10.7. The smallest absolute Gasteiger partial charge is 0.311 e. The minimum Gasteiger partial charge on any atom is -0.469 e. The Morgan fingerprint density at radius 3 is 2.79 bits per heavy atom. The fraction of sp³-hybridized carbons (Fsp3) is 0.556. The molecule has 0 saturated carbocycles. The van der Waals surface area contributed by atoms with Crippen molar-refractivity contribution in [3.05, 3.63) is 15.0 Å². The van der Waals surface area contributed by atoms with E-state index in [4.69, 9.17) is 0 Å². The van der Waals surface area contributed by atoms with Crippen LogP contribution in [0.3, 0.4) is 0 Å². The van der Waals surface area contributed by atoms with Gasteiger partial charge in [0.15, 0.2) is 0 Å². The van der Waals surface area contributed by atoms with Crippen molar-refractivity contribution < 1.29 is 9.53 Å². The number of nitrogens with zero attached hydrogens (tertiary/aromatic N) is 2. The molecule has 0 aliphatic heterocycles. The Balaban J connectivity index is 2.99. The number of carbonyl (C=O) groups excluding carboxylic acids is 1. The fourth-order valence-electron chi connectivity index (χ4n) is 1.25. The van der Waals surface area contributed by atoms with Crippen LogP contribution in [0.1, 0.15) is 18.3 Å². The first-order valence-electron chi connectivity index (χ1n) is 4.38. The number of aryl methyl sites for hydroxylation is 2. The number of esters is 1. The van der Waals surface area contributed by atoms with Crippen molar-refractivity contribution in [2.45, 2.75) is 26.8 Å². The first kappa shape index (κ1) is 11.5. The molecule has 1 heterocycles. The summed E-state index contributed by atoms with van der Waals surface area (Å²) in [6.45, 7) is 4.72. The monoisotopic (exact) mass is 308 g/mol. The molecule has 0 radical (unpaired) electrons. The molecule has 14 heavy (non-hydrogen) atoms. The maximum absolute atomic E-state index is 11.1. The van der Waals surface area contributed by atoms with Crippen LogP contribution in [0.25, 0.3) is 0 Å². The van der Waals surface area contributed by atoms with E-state index in [-0.39, 0.29) is 5.97 Å². The van der Waals surface area contributed by atoms with Crippen molar-refractivity contribution in [2.24, 2.45) is 0 Å². The number of carbonyl (C=O) groups is 1. The molecule has 0 amide bonds. The number of halogens is 1. The molecule has 0 aliphatic carbocycles. The van der Waals surface area contributed by atoms with Crippen LogP contribution in [0.5, 0.6) is 0 Å². The molecule has 0 unspecified atom stereocenters. The predicted octanol–water partition coefficient (Wildman–Crippen LogP) is 1.53. The Bertz CT molecular complexity index is 347. The van der Waals surface area contributed by atoms with Crippen LogP contribution in [-0.4, -0.2) is 22.9 Å². The van der Waals surface area contributed by atoms with Crippen LogP contribution < -0.4 is 0 Å². The molecule has 0 spiro atoms. The second kappa shape index (κ2) is 4.77. The minimum atomic E-state index is -0.225. The Morgan fingerprint density at radius 1 is 1.64 bits per heavy atom. The zero-order valence-corrected chi connectivity index (χ0v) is 10.7. The average Bonchev–Trinajstić information content (AvgIpc) is 2.45. The summed E-state index contributed by atoms with van der Waals surface area (Å²) in [4.78, 5) is 11.1. The molecule has 0 atom stereocenters. The lowest BCUT2D eigenvalue weighted by molar-refractivity contribution is -0.139. The van der Waals surface area contributed by atoms with Crippen molar-refractivity contribution in [1.29, 1.82) is 0 Å². The summed E-state index contributed by atoms with van der Waals surface area (Å²) in [6, 6.07) is 0. The van der Waals surface area contributed by atoms with E-state index < -0.39 is 0 Å². The SMILES string of the molecule is CCn1nc(C)c(I)c1CC(=O)OC. The van der Waals surface area contributed by atoms with Crippen molar-refractivity contribution in [1.82, 2.24) is 9.78 Å². The summed E-state index contributed by atoms with van der Waals surface area (Å²) >= 11 is 2.21. The maximum Gasteiger partial charge on any atom is 0.311 e. The summed E-state index contributed by atoms with van der Waals surface area (Å²) in [7, 11) is 1.40. The maximum atomic E-state index is 11.1. The van der Waals surface area contributed by atoms with Gasteiger partial charge in [0.25, 0.3) is 0 Å². The minimum absolute atomic E-state index is 0.225. The third-order valence-corrected chi connectivity index (χ3v) is 3.40. The number of methoxy groups -OCH3 is 1. The van der Waals surface area contributed by atoms with Gasteiger partial charge >= 0.3 is 5.97 Å². The highest BCUT2D eigenvalue weighted by Crippen LogP contribution is 2.17. The number of hydrogen-bond donors (Lipinski definition) is 0. The number of hydrogen-bond acceptors (Lipinski definition) is 3. The summed E-state index contributed by atoms with van der Waals surface area (Å²) in [6.07, 6.45) is 0.295. The lowest BCUT2D eigenvalue weighted by Crippen LogP contribution is -2.11. The first-order chi connectivity index (χ1) is 6.60. The Morgan fingerprint density at radius 2 is 2.29 bits per heavy atom. The summed E-state index contributed by atoms with van der Waals surface area (Å²) in [5.74, 6) is -0.225. The van der Waals surface area contributed by atoms with Gasteiger partial charge in [0.1, 0.15) is 0 Å². The van der Waals surface area contributed by atoms with E-state index in [1.54, 1.807) is 0 Å². The molecule has 0 N–H and O–H groups in total. The highest BCUT2D eigenvalue weighted by atomic mass is 127. The molecular weight excluding hydrogens is 295 g/mol. The van der Waals surface area contributed by atoms with Gasteiger partial charge in [0, 0.05) is 6.54 Å². The van der Waals surface area contributed by atoms with E-state index in [2.05, 4.69) is 32.4 Å². The van der Waals surface area contributed by atoms with Gasteiger partial charge in [-0.15, -0.1) is 0 Å². The van der Waals surface area contributed by atoms with E-state index in [1.165, 1.54) is 7.11 Å². The standard InChI is InChI=1S/C9H13IN2O2/c1-4-12-7(5-8(13)14-3)9(10)6(2)11-12/h4-5H2,1-3H3. The van der Waals surface area contributed by atoms with Crippen LogP contribution in [0, 0.1) is 10.5 Å². The van der Waals surface area contributed by atoms with Crippen LogP contribution >= 0.6 is 22.6 Å².